The molecule has 3 aliphatic carbocycles. The second-order valence-electron chi connectivity index (χ2n) is 16.9. The Morgan fingerprint density at radius 3 is 2.44 bits per heavy atom. The molecule has 0 spiro atoms. The highest BCUT2D eigenvalue weighted by Gasteiger charge is 2.57. The fraction of sp³-hybridized carbons (Fsp3) is 0.889. The summed E-state index contributed by atoms with van der Waals surface area (Å²) in [6, 6.07) is 0.535. The van der Waals surface area contributed by atoms with Gasteiger partial charge in [-0.2, -0.15) is 0 Å². The molecule has 0 bridgehead atoms. The molecule has 3 saturated carbocycles. The minimum atomic E-state index is -0.182. The molecular weight excluding hydrogens is 566 g/mol. The fourth-order valence-electron chi connectivity index (χ4n) is 10.8. The van der Waals surface area contributed by atoms with Gasteiger partial charge in [-0.1, -0.05) is 25.7 Å². The van der Waals surface area contributed by atoms with Crippen molar-refractivity contribution in [1.82, 2.24) is 25.8 Å². The number of ether oxygens (including phenoxy) is 2. The highest BCUT2D eigenvalue weighted by atomic mass is 16.5. The van der Waals surface area contributed by atoms with Crippen LogP contribution in [-0.2, 0) is 19.1 Å². The number of nitrogens with zero attached hydrogens (tertiary/aromatic N) is 2. The van der Waals surface area contributed by atoms with Crippen LogP contribution in [0.25, 0.3) is 0 Å². The Morgan fingerprint density at radius 2 is 1.71 bits per heavy atom. The number of Topliss-reactive ketones (excluding diaryl/α,β-unsaturated/α-hetero) is 1. The van der Waals surface area contributed by atoms with E-state index in [1.54, 1.807) is 0 Å². The molecule has 8 atom stereocenters. The normalized spacial score (nSPS) is 39.7. The zero-order chi connectivity index (χ0) is 31.3. The van der Waals surface area contributed by atoms with Crippen LogP contribution in [-0.4, -0.2) is 108 Å². The third-order valence-electron chi connectivity index (χ3n) is 12.4. The van der Waals surface area contributed by atoms with Crippen molar-refractivity contribution in [3.63, 3.8) is 0 Å². The number of ketones is 1. The van der Waals surface area contributed by atoms with Crippen LogP contribution in [0.4, 0.5) is 0 Å². The van der Waals surface area contributed by atoms with Crippen molar-refractivity contribution in [2.75, 3.05) is 39.4 Å². The molecule has 4 heterocycles. The molecule has 45 heavy (non-hydrogen) atoms. The summed E-state index contributed by atoms with van der Waals surface area (Å²) in [7, 11) is 0. The number of carbonyl (C=O) groups is 2. The summed E-state index contributed by atoms with van der Waals surface area (Å²) >= 11 is 0. The standard InChI is InChI=1S/C36H59N5O4/c1-35(2)20-25(21-36(3,4)39-35)38-34(43)27-22-41-29-18-23-8-5-6-9-24(23)19-30(29)45-33-28(11-10-26(31(33)41)32(27)42)37-12-7-13-40-14-16-44-17-15-40/h22-26,28-31,33,37,39H,5-21H2,1-4H3,(H,38,43). The first-order chi connectivity index (χ1) is 21.6. The quantitative estimate of drug-likeness (QED) is 0.293. The maximum Gasteiger partial charge on any atom is 0.256 e. The van der Waals surface area contributed by atoms with E-state index in [-0.39, 0.29) is 65.1 Å². The van der Waals surface area contributed by atoms with E-state index >= 15 is 0 Å². The van der Waals surface area contributed by atoms with Gasteiger partial charge in [-0.15, -0.1) is 0 Å². The second kappa shape index (κ2) is 12.8. The Balaban J connectivity index is 1.10. The minimum absolute atomic E-state index is 0.0117. The summed E-state index contributed by atoms with van der Waals surface area (Å²) in [5.74, 6) is 1.16. The van der Waals surface area contributed by atoms with Crippen molar-refractivity contribution in [3.8, 4) is 0 Å². The van der Waals surface area contributed by atoms with Gasteiger partial charge >= 0.3 is 0 Å². The predicted molar refractivity (Wildman–Crippen MR) is 175 cm³/mol. The molecule has 1 amide bonds. The lowest BCUT2D eigenvalue weighted by Gasteiger charge is -2.60. The average molecular weight is 626 g/mol. The molecule has 7 rings (SSSR count). The lowest BCUT2D eigenvalue weighted by molar-refractivity contribution is -0.200. The molecule has 9 nitrogen and oxygen atoms in total. The van der Waals surface area contributed by atoms with Gasteiger partial charge in [0.15, 0.2) is 5.78 Å². The zero-order valence-corrected chi connectivity index (χ0v) is 28.3. The van der Waals surface area contributed by atoms with Crippen LogP contribution in [0.3, 0.4) is 0 Å². The van der Waals surface area contributed by atoms with E-state index in [0.29, 0.717) is 5.57 Å². The molecular formula is C36H59N5O4. The zero-order valence-electron chi connectivity index (χ0n) is 28.3. The third-order valence-corrected chi connectivity index (χ3v) is 12.4. The Labute approximate surface area is 271 Å². The molecule has 0 aromatic carbocycles. The lowest BCUT2D eigenvalue weighted by atomic mass is 9.65. The molecule has 4 aliphatic heterocycles. The van der Waals surface area contributed by atoms with Gasteiger partial charge in [0, 0.05) is 48.4 Å². The van der Waals surface area contributed by atoms with Gasteiger partial charge in [0.05, 0.1) is 43.1 Å². The number of amides is 1. The SMILES string of the molecule is CC1(C)CC(NC(=O)C2=CN3C4CC5CCCCC5CC4OC4C(NCCCN5CCOCC5)CCC(C2=O)C43)CC(C)(C)N1. The predicted octanol–water partition coefficient (Wildman–Crippen LogP) is 3.38. The number of morpholine rings is 2. The van der Waals surface area contributed by atoms with Gasteiger partial charge in [-0.3, -0.25) is 14.5 Å². The highest BCUT2D eigenvalue weighted by Crippen LogP contribution is 2.49. The summed E-state index contributed by atoms with van der Waals surface area (Å²) in [5.41, 5.74) is 0.228. The van der Waals surface area contributed by atoms with Crippen LogP contribution < -0.4 is 16.0 Å². The fourth-order valence-corrected chi connectivity index (χ4v) is 10.8. The summed E-state index contributed by atoms with van der Waals surface area (Å²) in [6.07, 6.45) is 14.2. The molecule has 0 aromatic rings. The third kappa shape index (κ3) is 6.76. The summed E-state index contributed by atoms with van der Waals surface area (Å²) in [4.78, 5) is 33.2. The summed E-state index contributed by atoms with van der Waals surface area (Å²) in [5, 5.41) is 10.9. The molecule has 0 aromatic heterocycles. The van der Waals surface area contributed by atoms with Gasteiger partial charge in [-0.05, 0) is 97.6 Å². The van der Waals surface area contributed by atoms with Crippen molar-refractivity contribution < 1.29 is 19.1 Å². The maximum absolute atomic E-state index is 14.2. The van der Waals surface area contributed by atoms with Crippen LogP contribution in [0.2, 0.25) is 0 Å². The number of carbonyl (C=O) groups excluding carboxylic acids is 2. The first-order valence-electron chi connectivity index (χ1n) is 18.4. The van der Waals surface area contributed by atoms with Gasteiger partial charge in [0.1, 0.15) is 0 Å². The van der Waals surface area contributed by atoms with Crippen molar-refractivity contribution in [1.29, 1.82) is 0 Å². The number of rotatable bonds is 7. The van der Waals surface area contributed by atoms with E-state index in [0.717, 1.165) is 96.2 Å². The second-order valence-corrected chi connectivity index (χ2v) is 16.9. The number of hydrogen-bond acceptors (Lipinski definition) is 8. The summed E-state index contributed by atoms with van der Waals surface area (Å²) < 4.78 is 12.7. The topological polar surface area (TPSA) is 95.2 Å². The van der Waals surface area contributed by atoms with Gasteiger partial charge in [-0.25, -0.2) is 0 Å². The van der Waals surface area contributed by atoms with Gasteiger partial charge in [0.2, 0.25) is 0 Å². The van der Waals surface area contributed by atoms with Crippen LogP contribution in [0.5, 0.6) is 0 Å². The molecule has 3 N–H and O–H groups in total. The van der Waals surface area contributed by atoms with Crippen LogP contribution >= 0.6 is 0 Å². The molecule has 9 heteroatoms. The molecule has 7 aliphatic rings. The molecule has 0 radical (unpaired) electrons. The van der Waals surface area contributed by atoms with E-state index in [1.807, 2.05) is 6.20 Å². The Bertz CT molecular complexity index is 1120. The van der Waals surface area contributed by atoms with Crippen LogP contribution in [0, 0.1) is 17.8 Å². The average Bonchev–Trinajstić information content (AvgIpc) is 2.99. The molecule has 6 fully saturated rings. The lowest BCUT2D eigenvalue weighted by Crippen LogP contribution is -2.71. The first kappa shape index (κ1) is 32.0. The van der Waals surface area contributed by atoms with Crippen molar-refractivity contribution in [3.05, 3.63) is 11.8 Å². The van der Waals surface area contributed by atoms with E-state index in [4.69, 9.17) is 9.47 Å². The summed E-state index contributed by atoms with van der Waals surface area (Å²) in [6.45, 7) is 14.6. The van der Waals surface area contributed by atoms with Gasteiger partial charge < -0.3 is 30.3 Å². The molecule has 8 unspecified atom stereocenters. The molecule has 3 saturated heterocycles. The number of hydrogen-bond donors (Lipinski definition) is 3. The minimum Gasteiger partial charge on any atom is -0.379 e. The number of piperidine rings is 1. The smallest absolute Gasteiger partial charge is 0.256 e. The van der Waals surface area contributed by atoms with E-state index in [2.05, 4.69) is 53.4 Å². The van der Waals surface area contributed by atoms with E-state index < -0.39 is 0 Å². The molecule has 252 valence electrons. The van der Waals surface area contributed by atoms with Crippen molar-refractivity contribution >= 4 is 11.7 Å². The van der Waals surface area contributed by atoms with Crippen molar-refractivity contribution in [2.45, 2.75) is 146 Å². The van der Waals surface area contributed by atoms with Crippen LogP contribution in [0.1, 0.15) is 98.3 Å². The Kier molecular flexibility index (Phi) is 9.14. The van der Waals surface area contributed by atoms with E-state index in [9.17, 15) is 9.59 Å². The number of fused-ring (bicyclic) bond motifs is 3. The largest absolute Gasteiger partial charge is 0.379 e. The van der Waals surface area contributed by atoms with Crippen LogP contribution in [0.15, 0.2) is 11.8 Å². The first-order valence-corrected chi connectivity index (χ1v) is 18.4. The Hall–Kier alpha value is -1.52. The number of nitrogens with one attached hydrogen (secondary N) is 3. The monoisotopic (exact) mass is 625 g/mol. The van der Waals surface area contributed by atoms with Gasteiger partial charge in [0.25, 0.3) is 5.91 Å². The highest BCUT2D eigenvalue weighted by molar-refractivity contribution is 6.20. The van der Waals surface area contributed by atoms with Crippen molar-refractivity contribution in [2.24, 2.45) is 17.8 Å². The van der Waals surface area contributed by atoms with E-state index in [1.165, 1.54) is 25.7 Å². The maximum atomic E-state index is 14.2. The Morgan fingerprint density at radius 1 is 1.00 bits per heavy atom.